The van der Waals surface area contributed by atoms with Crippen LogP contribution in [-0.4, -0.2) is 46.6 Å². The number of aryl methyl sites for hydroxylation is 2. The van der Waals surface area contributed by atoms with Gasteiger partial charge in [0.15, 0.2) is 17.2 Å². The normalized spacial score (nSPS) is 17.4. The van der Waals surface area contributed by atoms with Gasteiger partial charge in [0.05, 0.1) is 24.2 Å². The standard InChI is InChI=1S/C18H20N6O/c1-23(18-17-13(6-7-25-17)9-19-22-18)14-10-24(11-14)16-8-12-4-2-3-5-15(12)20-21-16/h6-9,14H,2-5,10-11H2,1H3. The summed E-state index contributed by atoms with van der Waals surface area (Å²) in [4.78, 5) is 4.43. The van der Waals surface area contributed by atoms with Gasteiger partial charge in [-0.2, -0.15) is 10.2 Å². The fourth-order valence-corrected chi connectivity index (χ4v) is 3.72. The van der Waals surface area contributed by atoms with Crippen molar-refractivity contribution in [3.05, 3.63) is 35.9 Å². The van der Waals surface area contributed by atoms with Crippen molar-refractivity contribution in [3.8, 4) is 0 Å². The first-order valence-corrected chi connectivity index (χ1v) is 8.82. The third kappa shape index (κ3) is 2.42. The van der Waals surface area contributed by atoms with E-state index in [2.05, 4.69) is 36.3 Å². The summed E-state index contributed by atoms with van der Waals surface area (Å²) in [5.41, 5.74) is 3.35. The summed E-state index contributed by atoms with van der Waals surface area (Å²) in [7, 11) is 2.05. The second-order valence-electron chi connectivity index (χ2n) is 6.92. The van der Waals surface area contributed by atoms with Gasteiger partial charge in [0.2, 0.25) is 0 Å². The Balaban J connectivity index is 1.32. The van der Waals surface area contributed by atoms with Crippen LogP contribution in [0.25, 0.3) is 11.0 Å². The van der Waals surface area contributed by atoms with Crippen LogP contribution < -0.4 is 9.80 Å². The lowest BCUT2D eigenvalue weighted by atomic mass is 9.96. The highest BCUT2D eigenvalue weighted by molar-refractivity contribution is 5.86. The van der Waals surface area contributed by atoms with E-state index in [1.54, 1.807) is 12.5 Å². The molecule has 1 saturated heterocycles. The summed E-state index contributed by atoms with van der Waals surface area (Å²) in [6, 6.07) is 4.50. The highest BCUT2D eigenvalue weighted by Gasteiger charge is 2.33. The molecule has 4 heterocycles. The Bertz CT molecular complexity index is 917. The summed E-state index contributed by atoms with van der Waals surface area (Å²) in [5.74, 6) is 1.79. The molecule has 0 amide bonds. The Morgan fingerprint density at radius 2 is 2.04 bits per heavy atom. The van der Waals surface area contributed by atoms with E-state index in [1.807, 2.05) is 13.1 Å². The number of likely N-dealkylation sites (N-methyl/N-ethyl adjacent to an activating group) is 1. The lowest BCUT2D eigenvalue weighted by molar-refractivity contribution is 0.483. The zero-order valence-corrected chi connectivity index (χ0v) is 14.2. The predicted octanol–water partition coefficient (Wildman–Crippen LogP) is 2.22. The van der Waals surface area contributed by atoms with Gasteiger partial charge in [0.1, 0.15) is 0 Å². The number of furan rings is 1. The number of hydrogen-bond donors (Lipinski definition) is 0. The average molecular weight is 336 g/mol. The van der Waals surface area contributed by atoms with E-state index in [4.69, 9.17) is 4.42 Å². The van der Waals surface area contributed by atoms with E-state index in [-0.39, 0.29) is 0 Å². The van der Waals surface area contributed by atoms with Gasteiger partial charge < -0.3 is 14.2 Å². The zero-order chi connectivity index (χ0) is 16.8. The number of fused-ring (bicyclic) bond motifs is 2. The summed E-state index contributed by atoms with van der Waals surface area (Å²) in [6.07, 6.45) is 8.10. The van der Waals surface area contributed by atoms with Gasteiger partial charge in [-0.25, -0.2) is 0 Å². The van der Waals surface area contributed by atoms with E-state index >= 15 is 0 Å². The second-order valence-corrected chi connectivity index (χ2v) is 6.92. The molecule has 7 heteroatoms. The molecule has 0 aromatic carbocycles. The molecule has 25 heavy (non-hydrogen) atoms. The minimum Gasteiger partial charge on any atom is -0.460 e. The van der Waals surface area contributed by atoms with E-state index in [9.17, 15) is 0 Å². The summed E-state index contributed by atoms with van der Waals surface area (Å²) in [5, 5.41) is 18.2. The van der Waals surface area contributed by atoms with Crippen LogP contribution in [0.1, 0.15) is 24.1 Å². The number of rotatable bonds is 3. The van der Waals surface area contributed by atoms with Crippen molar-refractivity contribution >= 4 is 22.6 Å². The third-order valence-corrected chi connectivity index (χ3v) is 5.37. The first-order valence-electron chi connectivity index (χ1n) is 8.82. The van der Waals surface area contributed by atoms with Gasteiger partial charge in [-0.05, 0) is 43.4 Å². The quantitative estimate of drug-likeness (QED) is 0.726. The van der Waals surface area contributed by atoms with Gasteiger partial charge in [-0.3, -0.25) is 0 Å². The first-order chi connectivity index (χ1) is 12.3. The highest BCUT2D eigenvalue weighted by atomic mass is 16.3. The second kappa shape index (κ2) is 5.68. The Morgan fingerprint density at radius 1 is 1.16 bits per heavy atom. The van der Waals surface area contributed by atoms with Crippen molar-refractivity contribution in [2.75, 3.05) is 29.9 Å². The fourth-order valence-electron chi connectivity index (χ4n) is 3.72. The highest BCUT2D eigenvalue weighted by Crippen LogP contribution is 2.30. The minimum absolute atomic E-state index is 0.364. The molecule has 2 aliphatic rings. The smallest absolute Gasteiger partial charge is 0.195 e. The maximum Gasteiger partial charge on any atom is 0.195 e. The van der Waals surface area contributed by atoms with Crippen LogP contribution in [-0.2, 0) is 12.8 Å². The summed E-state index contributed by atoms with van der Waals surface area (Å²) in [6.45, 7) is 1.81. The van der Waals surface area contributed by atoms with Gasteiger partial charge in [-0.15, -0.1) is 10.2 Å². The van der Waals surface area contributed by atoms with Crippen molar-refractivity contribution in [2.24, 2.45) is 0 Å². The molecule has 0 spiro atoms. The van der Waals surface area contributed by atoms with Crippen LogP contribution in [0.3, 0.4) is 0 Å². The molecule has 0 N–H and O–H groups in total. The summed E-state index contributed by atoms with van der Waals surface area (Å²) < 4.78 is 5.58. The number of nitrogens with zero attached hydrogens (tertiary/aromatic N) is 6. The number of hydrogen-bond acceptors (Lipinski definition) is 7. The van der Waals surface area contributed by atoms with E-state index in [0.717, 1.165) is 48.5 Å². The predicted molar refractivity (Wildman–Crippen MR) is 94.9 cm³/mol. The molecule has 0 unspecified atom stereocenters. The molecule has 5 rings (SSSR count). The van der Waals surface area contributed by atoms with E-state index < -0.39 is 0 Å². The van der Waals surface area contributed by atoms with Crippen LogP contribution in [0.5, 0.6) is 0 Å². The molecule has 0 bridgehead atoms. The molecule has 3 aromatic heterocycles. The monoisotopic (exact) mass is 336 g/mol. The van der Waals surface area contributed by atoms with Crippen molar-refractivity contribution in [1.29, 1.82) is 0 Å². The molecule has 7 nitrogen and oxygen atoms in total. The average Bonchev–Trinajstić information content (AvgIpc) is 3.09. The van der Waals surface area contributed by atoms with Crippen LogP contribution in [0, 0.1) is 0 Å². The Hall–Kier alpha value is -2.70. The Kier molecular flexibility index (Phi) is 3.33. The third-order valence-electron chi connectivity index (χ3n) is 5.37. The van der Waals surface area contributed by atoms with Gasteiger partial charge in [0.25, 0.3) is 0 Å². The van der Waals surface area contributed by atoms with Crippen molar-refractivity contribution in [3.63, 3.8) is 0 Å². The van der Waals surface area contributed by atoms with Crippen molar-refractivity contribution in [2.45, 2.75) is 31.7 Å². The Morgan fingerprint density at radius 3 is 2.96 bits per heavy atom. The zero-order valence-electron chi connectivity index (χ0n) is 14.2. The van der Waals surface area contributed by atoms with Gasteiger partial charge in [-0.1, -0.05) is 0 Å². The topological polar surface area (TPSA) is 71.2 Å². The van der Waals surface area contributed by atoms with Crippen molar-refractivity contribution in [1.82, 2.24) is 20.4 Å². The molecule has 0 radical (unpaired) electrons. The SMILES string of the molecule is CN(c1nncc2ccoc12)C1CN(c2cc3c(nn2)CCCC3)C1. The van der Waals surface area contributed by atoms with Crippen LogP contribution >= 0.6 is 0 Å². The van der Waals surface area contributed by atoms with Gasteiger partial charge >= 0.3 is 0 Å². The molecule has 1 aliphatic carbocycles. The summed E-state index contributed by atoms with van der Waals surface area (Å²) >= 11 is 0. The molecular weight excluding hydrogens is 316 g/mol. The molecule has 128 valence electrons. The van der Waals surface area contributed by atoms with E-state index in [1.165, 1.54) is 24.1 Å². The molecule has 0 saturated carbocycles. The molecule has 1 aliphatic heterocycles. The lowest BCUT2D eigenvalue weighted by Crippen LogP contribution is -2.59. The van der Waals surface area contributed by atoms with Crippen molar-refractivity contribution < 1.29 is 4.42 Å². The van der Waals surface area contributed by atoms with Crippen LogP contribution in [0.4, 0.5) is 11.6 Å². The van der Waals surface area contributed by atoms with E-state index in [0.29, 0.717) is 6.04 Å². The lowest BCUT2D eigenvalue weighted by Gasteiger charge is -2.44. The largest absolute Gasteiger partial charge is 0.460 e. The molecule has 3 aromatic rings. The fraction of sp³-hybridized carbons (Fsp3) is 0.444. The van der Waals surface area contributed by atoms with Gasteiger partial charge in [0, 0.05) is 25.5 Å². The molecule has 0 atom stereocenters. The molecule has 1 fully saturated rings. The first kappa shape index (κ1) is 14.6. The van der Waals surface area contributed by atoms with Crippen LogP contribution in [0.2, 0.25) is 0 Å². The molecular formula is C18H20N6O. The maximum atomic E-state index is 5.58. The number of aromatic nitrogens is 4. The minimum atomic E-state index is 0.364. The number of anilines is 2. The Labute approximate surface area is 145 Å². The maximum absolute atomic E-state index is 5.58. The van der Waals surface area contributed by atoms with Crippen LogP contribution in [0.15, 0.2) is 29.0 Å².